The minimum absolute atomic E-state index is 0.00804. The van der Waals surface area contributed by atoms with E-state index in [1.807, 2.05) is 50.5 Å². The monoisotopic (exact) mass is 343 g/mol. The van der Waals surface area contributed by atoms with Gasteiger partial charge in [-0.25, -0.2) is 4.98 Å². The molecule has 0 aliphatic heterocycles. The second-order valence-electron chi connectivity index (χ2n) is 6.86. The first-order valence-electron chi connectivity index (χ1n) is 7.98. The Balaban J connectivity index is 2.07. The standard InChI is InChI=1S/C19H25N3OS/c1-19(2,14-22(3)4)13-21-17(23)16-11-8-12-20-18(16)24-15-9-6-5-7-10-15/h5-12H,13-14H2,1-4H3,(H,21,23). The van der Waals surface area contributed by atoms with Crippen molar-refractivity contribution in [2.24, 2.45) is 5.41 Å². The third-order valence-electron chi connectivity index (χ3n) is 3.45. The molecule has 1 aromatic carbocycles. The number of hydrogen-bond acceptors (Lipinski definition) is 4. The summed E-state index contributed by atoms with van der Waals surface area (Å²) in [4.78, 5) is 20.2. The van der Waals surface area contributed by atoms with E-state index >= 15 is 0 Å². The Bertz CT molecular complexity index is 671. The van der Waals surface area contributed by atoms with Crippen LogP contribution in [0.15, 0.2) is 58.6 Å². The molecule has 2 rings (SSSR count). The zero-order valence-corrected chi connectivity index (χ0v) is 15.6. The molecule has 1 amide bonds. The van der Waals surface area contributed by atoms with Gasteiger partial charge in [-0.15, -0.1) is 0 Å². The molecule has 1 aromatic heterocycles. The van der Waals surface area contributed by atoms with Gasteiger partial charge in [0.1, 0.15) is 5.03 Å². The molecule has 0 aliphatic carbocycles. The van der Waals surface area contributed by atoms with Gasteiger partial charge >= 0.3 is 0 Å². The molecule has 24 heavy (non-hydrogen) atoms. The molecule has 0 spiro atoms. The van der Waals surface area contributed by atoms with Gasteiger partial charge < -0.3 is 10.2 Å². The van der Waals surface area contributed by atoms with E-state index in [1.165, 1.54) is 11.8 Å². The van der Waals surface area contributed by atoms with Crippen LogP contribution in [0.2, 0.25) is 0 Å². The summed E-state index contributed by atoms with van der Waals surface area (Å²) in [7, 11) is 4.08. The minimum Gasteiger partial charge on any atom is -0.351 e. The van der Waals surface area contributed by atoms with Crippen LogP contribution in [0.3, 0.4) is 0 Å². The van der Waals surface area contributed by atoms with Crippen molar-refractivity contribution in [2.45, 2.75) is 23.8 Å². The molecule has 0 bridgehead atoms. The highest BCUT2D eigenvalue weighted by atomic mass is 32.2. The van der Waals surface area contributed by atoms with E-state index < -0.39 is 0 Å². The zero-order chi connectivity index (χ0) is 17.6. The first kappa shape index (κ1) is 18.5. The second kappa shape index (κ2) is 8.31. The number of nitrogens with one attached hydrogen (secondary N) is 1. The van der Waals surface area contributed by atoms with Crippen LogP contribution in [0.25, 0.3) is 0 Å². The normalized spacial score (nSPS) is 11.5. The van der Waals surface area contributed by atoms with Gasteiger partial charge in [-0.1, -0.05) is 43.8 Å². The fourth-order valence-corrected chi connectivity index (χ4v) is 3.47. The fraction of sp³-hybridized carbons (Fsp3) is 0.368. The molecule has 0 fully saturated rings. The molecular formula is C19H25N3OS. The summed E-state index contributed by atoms with van der Waals surface area (Å²) < 4.78 is 0. The summed E-state index contributed by atoms with van der Waals surface area (Å²) in [6, 6.07) is 13.6. The Morgan fingerprint density at radius 1 is 1.17 bits per heavy atom. The number of pyridine rings is 1. The van der Waals surface area contributed by atoms with Crippen LogP contribution < -0.4 is 5.32 Å². The number of carbonyl (C=O) groups is 1. The van der Waals surface area contributed by atoms with Crippen LogP contribution in [0, 0.1) is 5.41 Å². The van der Waals surface area contributed by atoms with E-state index in [1.54, 1.807) is 12.3 Å². The number of carbonyl (C=O) groups excluding carboxylic acids is 1. The van der Waals surface area contributed by atoms with Crippen molar-refractivity contribution < 1.29 is 4.79 Å². The van der Waals surface area contributed by atoms with E-state index in [0.717, 1.165) is 16.5 Å². The van der Waals surface area contributed by atoms with E-state index in [0.29, 0.717) is 12.1 Å². The first-order valence-corrected chi connectivity index (χ1v) is 8.80. The summed E-state index contributed by atoms with van der Waals surface area (Å²) in [5.74, 6) is -0.0756. The molecule has 0 saturated carbocycles. The summed E-state index contributed by atoms with van der Waals surface area (Å²) in [5, 5.41) is 3.78. The van der Waals surface area contributed by atoms with Gasteiger partial charge in [-0.2, -0.15) is 0 Å². The predicted molar refractivity (Wildman–Crippen MR) is 99.5 cm³/mol. The Kier molecular flexibility index (Phi) is 6.40. The van der Waals surface area contributed by atoms with Crippen LogP contribution in [-0.2, 0) is 0 Å². The molecular weight excluding hydrogens is 318 g/mol. The van der Waals surface area contributed by atoms with Crippen molar-refractivity contribution in [3.05, 3.63) is 54.2 Å². The van der Waals surface area contributed by atoms with Crippen LogP contribution in [-0.4, -0.2) is 43.0 Å². The SMILES string of the molecule is CN(C)CC(C)(C)CNC(=O)c1cccnc1Sc1ccccc1. The molecule has 128 valence electrons. The maximum Gasteiger partial charge on any atom is 0.254 e. The third kappa shape index (κ3) is 5.65. The van der Waals surface area contributed by atoms with Crippen LogP contribution in [0.4, 0.5) is 0 Å². The average molecular weight is 343 g/mol. The number of benzene rings is 1. The summed E-state index contributed by atoms with van der Waals surface area (Å²) in [6.07, 6.45) is 1.72. The second-order valence-corrected chi connectivity index (χ2v) is 7.92. The van der Waals surface area contributed by atoms with Crippen molar-refractivity contribution in [2.75, 3.05) is 27.2 Å². The van der Waals surface area contributed by atoms with Gasteiger partial charge in [-0.3, -0.25) is 4.79 Å². The lowest BCUT2D eigenvalue weighted by Gasteiger charge is -2.28. The van der Waals surface area contributed by atoms with E-state index in [2.05, 4.69) is 29.0 Å². The largest absolute Gasteiger partial charge is 0.351 e. The van der Waals surface area contributed by atoms with Crippen LogP contribution in [0.5, 0.6) is 0 Å². The quantitative estimate of drug-likeness (QED) is 0.835. The van der Waals surface area contributed by atoms with Gasteiger partial charge in [0.2, 0.25) is 0 Å². The zero-order valence-electron chi connectivity index (χ0n) is 14.7. The Morgan fingerprint density at radius 2 is 1.88 bits per heavy atom. The Morgan fingerprint density at radius 3 is 2.54 bits per heavy atom. The summed E-state index contributed by atoms with van der Waals surface area (Å²) in [5.41, 5.74) is 0.626. The minimum atomic E-state index is -0.0756. The van der Waals surface area contributed by atoms with Crippen LogP contribution in [0.1, 0.15) is 24.2 Å². The van der Waals surface area contributed by atoms with E-state index in [4.69, 9.17) is 0 Å². The molecule has 0 aliphatic rings. The van der Waals surface area contributed by atoms with Gasteiger partial charge in [0.15, 0.2) is 0 Å². The van der Waals surface area contributed by atoms with E-state index in [9.17, 15) is 4.79 Å². The predicted octanol–water partition coefficient (Wildman–Crippen LogP) is 3.55. The van der Waals surface area contributed by atoms with Crippen molar-refractivity contribution in [3.63, 3.8) is 0 Å². The first-order chi connectivity index (χ1) is 11.4. The number of hydrogen-bond donors (Lipinski definition) is 1. The highest BCUT2D eigenvalue weighted by Gasteiger charge is 2.21. The highest BCUT2D eigenvalue weighted by molar-refractivity contribution is 7.99. The summed E-state index contributed by atoms with van der Waals surface area (Å²) in [6.45, 7) is 5.83. The van der Waals surface area contributed by atoms with Gasteiger partial charge in [0.05, 0.1) is 5.56 Å². The number of nitrogens with zero attached hydrogens (tertiary/aromatic N) is 2. The number of amides is 1. The lowest BCUT2D eigenvalue weighted by molar-refractivity contribution is 0.0925. The molecule has 4 nitrogen and oxygen atoms in total. The van der Waals surface area contributed by atoms with Crippen molar-refractivity contribution in [3.8, 4) is 0 Å². The molecule has 1 N–H and O–H groups in total. The molecule has 2 aromatic rings. The molecule has 0 radical (unpaired) electrons. The van der Waals surface area contributed by atoms with Gasteiger partial charge in [0.25, 0.3) is 5.91 Å². The average Bonchev–Trinajstić information content (AvgIpc) is 2.53. The van der Waals surface area contributed by atoms with Crippen molar-refractivity contribution >= 4 is 17.7 Å². The lowest BCUT2D eigenvalue weighted by Crippen LogP contribution is -2.40. The topological polar surface area (TPSA) is 45.2 Å². The molecule has 0 saturated heterocycles. The Labute approximate surface area is 148 Å². The molecule has 0 atom stereocenters. The highest BCUT2D eigenvalue weighted by Crippen LogP contribution is 2.28. The fourth-order valence-electron chi connectivity index (χ4n) is 2.57. The van der Waals surface area contributed by atoms with Crippen LogP contribution >= 0.6 is 11.8 Å². The molecule has 1 heterocycles. The maximum atomic E-state index is 12.6. The smallest absolute Gasteiger partial charge is 0.254 e. The summed E-state index contributed by atoms with van der Waals surface area (Å²) >= 11 is 1.51. The third-order valence-corrected chi connectivity index (χ3v) is 4.47. The lowest BCUT2D eigenvalue weighted by atomic mass is 9.93. The number of aromatic nitrogens is 1. The maximum absolute atomic E-state index is 12.6. The van der Waals surface area contributed by atoms with Gasteiger partial charge in [0, 0.05) is 24.2 Å². The van der Waals surface area contributed by atoms with Crippen molar-refractivity contribution in [1.29, 1.82) is 0 Å². The molecule has 5 heteroatoms. The Hall–Kier alpha value is -1.85. The molecule has 0 unspecified atom stereocenters. The number of rotatable bonds is 7. The van der Waals surface area contributed by atoms with Gasteiger partial charge in [-0.05, 0) is 43.8 Å². The van der Waals surface area contributed by atoms with E-state index in [-0.39, 0.29) is 11.3 Å². The van der Waals surface area contributed by atoms with Crippen molar-refractivity contribution in [1.82, 2.24) is 15.2 Å².